The van der Waals surface area contributed by atoms with Crippen LogP contribution < -0.4 is 4.90 Å². The SMILES string of the molecule is COC(=O)c1ccc(/C=C2/N=C(c3ccccc3Br)N(c3ccc(Br)cc3)C2=O)cc1. The van der Waals surface area contributed by atoms with E-state index in [1.165, 1.54) is 7.11 Å². The zero-order chi connectivity index (χ0) is 22.0. The van der Waals surface area contributed by atoms with Crippen molar-refractivity contribution < 1.29 is 14.3 Å². The third-order valence-electron chi connectivity index (χ3n) is 4.70. The summed E-state index contributed by atoms with van der Waals surface area (Å²) in [5, 5.41) is 0. The predicted molar refractivity (Wildman–Crippen MR) is 128 cm³/mol. The Morgan fingerprint density at radius 1 is 0.968 bits per heavy atom. The number of anilines is 1. The molecule has 0 N–H and O–H groups in total. The average Bonchev–Trinajstić information content (AvgIpc) is 3.10. The second-order valence-corrected chi connectivity index (χ2v) is 8.45. The fraction of sp³-hybridized carbons (Fsp3) is 0.0417. The number of hydrogen-bond acceptors (Lipinski definition) is 4. The van der Waals surface area contributed by atoms with Gasteiger partial charge < -0.3 is 4.74 Å². The molecule has 0 aromatic heterocycles. The Bertz CT molecular complexity index is 1220. The predicted octanol–water partition coefficient (Wildman–Crippen LogP) is 5.83. The molecule has 1 heterocycles. The van der Waals surface area contributed by atoms with E-state index in [0.29, 0.717) is 22.8 Å². The monoisotopic (exact) mass is 538 g/mol. The normalized spacial score (nSPS) is 14.7. The van der Waals surface area contributed by atoms with Gasteiger partial charge in [0.1, 0.15) is 11.5 Å². The third-order valence-corrected chi connectivity index (χ3v) is 5.92. The highest BCUT2D eigenvalue weighted by Crippen LogP contribution is 2.31. The zero-order valence-corrected chi connectivity index (χ0v) is 19.6. The number of benzene rings is 3. The lowest BCUT2D eigenvalue weighted by Crippen LogP contribution is -2.32. The van der Waals surface area contributed by atoms with E-state index in [9.17, 15) is 9.59 Å². The van der Waals surface area contributed by atoms with Gasteiger partial charge in [0.2, 0.25) is 0 Å². The van der Waals surface area contributed by atoms with Crippen LogP contribution in [-0.2, 0) is 9.53 Å². The first-order chi connectivity index (χ1) is 15.0. The lowest BCUT2D eigenvalue weighted by atomic mass is 10.1. The number of amides is 1. The molecule has 0 radical (unpaired) electrons. The molecule has 1 aliphatic rings. The zero-order valence-electron chi connectivity index (χ0n) is 16.4. The number of carbonyl (C=O) groups excluding carboxylic acids is 2. The highest BCUT2D eigenvalue weighted by Gasteiger charge is 2.33. The Morgan fingerprint density at radius 3 is 2.29 bits per heavy atom. The summed E-state index contributed by atoms with van der Waals surface area (Å²) in [5.74, 6) is -0.103. The number of ether oxygens (including phenoxy) is 1. The molecule has 0 spiro atoms. The highest BCUT2D eigenvalue weighted by molar-refractivity contribution is 9.10. The van der Waals surface area contributed by atoms with E-state index in [2.05, 4.69) is 36.9 Å². The van der Waals surface area contributed by atoms with Crippen LogP contribution in [0.2, 0.25) is 0 Å². The second-order valence-electron chi connectivity index (χ2n) is 6.68. The number of hydrogen-bond donors (Lipinski definition) is 0. The van der Waals surface area contributed by atoms with Gasteiger partial charge in [0.15, 0.2) is 0 Å². The van der Waals surface area contributed by atoms with Gasteiger partial charge in [-0.2, -0.15) is 0 Å². The van der Waals surface area contributed by atoms with Crippen LogP contribution in [0.4, 0.5) is 5.69 Å². The molecule has 0 fully saturated rings. The molecule has 0 saturated heterocycles. The molecule has 0 unspecified atom stereocenters. The molecule has 1 aliphatic heterocycles. The largest absolute Gasteiger partial charge is 0.465 e. The van der Waals surface area contributed by atoms with Crippen LogP contribution in [0, 0.1) is 0 Å². The van der Waals surface area contributed by atoms with Crippen LogP contribution in [-0.4, -0.2) is 24.8 Å². The standard InChI is InChI=1S/C24H16Br2N2O3/c1-31-24(30)16-8-6-15(7-9-16)14-21-23(29)28(18-12-10-17(25)11-13-18)22(27-21)19-4-2-3-5-20(19)26/h2-14H,1H3/b21-14+. The van der Waals surface area contributed by atoms with Gasteiger partial charge in [-0.3, -0.25) is 9.69 Å². The first-order valence-corrected chi connectivity index (χ1v) is 10.9. The van der Waals surface area contributed by atoms with Gasteiger partial charge in [-0.15, -0.1) is 0 Å². The summed E-state index contributed by atoms with van der Waals surface area (Å²) in [6, 6.07) is 21.9. The van der Waals surface area contributed by atoms with Crippen LogP contribution in [0.25, 0.3) is 6.08 Å². The Morgan fingerprint density at radius 2 is 1.65 bits per heavy atom. The average molecular weight is 540 g/mol. The maximum absolute atomic E-state index is 13.4. The van der Waals surface area contributed by atoms with Crippen LogP contribution in [0.3, 0.4) is 0 Å². The number of rotatable bonds is 4. The van der Waals surface area contributed by atoms with Gasteiger partial charge in [0.25, 0.3) is 5.91 Å². The Kier molecular flexibility index (Phi) is 6.15. The number of methoxy groups -OCH3 is 1. The fourth-order valence-electron chi connectivity index (χ4n) is 3.16. The van der Waals surface area contributed by atoms with Crippen molar-refractivity contribution in [2.24, 2.45) is 4.99 Å². The molecule has 0 saturated carbocycles. The first-order valence-electron chi connectivity index (χ1n) is 9.31. The van der Waals surface area contributed by atoms with Gasteiger partial charge in [-0.1, -0.05) is 62.2 Å². The molecule has 1 amide bonds. The van der Waals surface area contributed by atoms with Crippen molar-refractivity contribution in [2.45, 2.75) is 0 Å². The van der Waals surface area contributed by atoms with Crippen molar-refractivity contribution >= 4 is 61.3 Å². The van der Waals surface area contributed by atoms with Crippen LogP contribution in [0.5, 0.6) is 0 Å². The fourth-order valence-corrected chi connectivity index (χ4v) is 3.89. The number of halogens is 2. The summed E-state index contributed by atoms with van der Waals surface area (Å²) in [7, 11) is 1.34. The van der Waals surface area contributed by atoms with E-state index >= 15 is 0 Å². The van der Waals surface area contributed by atoms with E-state index in [1.807, 2.05) is 48.5 Å². The van der Waals surface area contributed by atoms with Gasteiger partial charge in [-0.25, -0.2) is 9.79 Å². The van der Waals surface area contributed by atoms with Crippen LogP contribution in [0.15, 0.2) is 92.4 Å². The summed E-state index contributed by atoms with van der Waals surface area (Å²) in [5.41, 5.74) is 3.02. The molecule has 0 atom stereocenters. The molecular formula is C24H16Br2N2O3. The quantitative estimate of drug-likeness (QED) is 0.309. The third kappa shape index (κ3) is 4.38. The molecule has 4 rings (SSSR count). The Labute approximate surface area is 196 Å². The molecular weight excluding hydrogens is 524 g/mol. The number of esters is 1. The van der Waals surface area contributed by atoms with Crippen molar-refractivity contribution in [3.05, 3.63) is 104 Å². The lowest BCUT2D eigenvalue weighted by Gasteiger charge is -2.19. The molecule has 7 heteroatoms. The topological polar surface area (TPSA) is 59.0 Å². The number of carbonyl (C=O) groups is 2. The van der Waals surface area contributed by atoms with Gasteiger partial charge in [-0.05, 0) is 54.1 Å². The van der Waals surface area contributed by atoms with E-state index in [-0.39, 0.29) is 5.91 Å². The number of amidine groups is 1. The van der Waals surface area contributed by atoms with Crippen molar-refractivity contribution in [1.29, 1.82) is 0 Å². The number of aliphatic imine (C=N–C) groups is 1. The molecule has 0 aliphatic carbocycles. The van der Waals surface area contributed by atoms with Crippen LogP contribution in [0.1, 0.15) is 21.5 Å². The molecule has 0 bridgehead atoms. The first kappa shape index (κ1) is 21.2. The second kappa shape index (κ2) is 8.99. The summed E-state index contributed by atoms with van der Waals surface area (Å²) in [6.45, 7) is 0. The highest BCUT2D eigenvalue weighted by atomic mass is 79.9. The molecule has 3 aromatic carbocycles. The minimum atomic E-state index is -0.410. The number of nitrogens with zero attached hydrogens (tertiary/aromatic N) is 2. The van der Waals surface area contributed by atoms with E-state index in [0.717, 1.165) is 20.1 Å². The molecule has 3 aromatic rings. The van der Waals surface area contributed by atoms with Gasteiger partial charge in [0.05, 0.1) is 18.4 Å². The summed E-state index contributed by atoms with van der Waals surface area (Å²) in [4.78, 5) is 31.3. The summed E-state index contributed by atoms with van der Waals surface area (Å²) in [6.07, 6.45) is 1.71. The minimum absolute atomic E-state index is 0.231. The Hall–Kier alpha value is -3.03. The maximum atomic E-state index is 13.4. The van der Waals surface area contributed by atoms with E-state index in [1.54, 1.807) is 35.2 Å². The van der Waals surface area contributed by atoms with Crippen molar-refractivity contribution in [2.75, 3.05) is 12.0 Å². The van der Waals surface area contributed by atoms with Crippen LogP contribution >= 0.6 is 31.9 Å². The molecule has 31 heavy (non-hydrogen) atoms. The Balaban J connectivity index is 1.78. The van der Waals surface area contributed by atoms with Crippen molar-refractivity contribution in [3.63, 3.8) is 0 Å². The van der Waals surface area contributed by atoms with E-state index in [4.69, 9.17) is 4.74 Å². The summed E-state index contributed by atoms with van der Waals surface area (Å²) >= 11 is 7.00. The van der Waals surface area contributed by atoms with Gasteiger partial charge >= 0.3 is 5.97 Å². The smallest absolute Gasteiger partial charge is 0.337 e. The maximum Gasteiger partial charge on any atom is 0.337 e. The van der Waals surface area contributed by atoms with E-state index < -0.39 is 5.97 Å². The minimum Gasteiger partial charge on any atom is -0.465 e. The molecule has 5 nitrogen and oxygen atoms in total. The van der Waals surface area contributed by atoms with Gasteiger partial charge in [0, 0.05) is 14.5 Å². The lowest BCUT2D eigenvalue weighted by molar-refractivity contribution is -0.113. The van der Waals surface area contributed by atoms with Crippen molar-refractivity contribution in [1.82, 2.24) is 0 Å². The molecule has 154 valence electrons. The van der Waals surface area contributed by atoms with Crippen molar-refractivity contribution in [3.8, 4) is 0 Å². The summed E-state index contributed by atoms with van der Waals surface area (Å²) < 4.78 is 6.49.